The van der Waals surface area contributed by atoms with Crippen molar-refractivity contribution >= 4 is 0 Å². The van der Waals surface area contributed by atoms with E-state index >= 15 is 0 Å². The van der Waals surface area contributed by atoms with Crippen LogP contribution >= 0.6 is 0 Å². The van der Waals surface area contributed by atoms with Crippen molar-refractivity contribution in [2.24, 2.45) is 0 Å². The molecule has 1 heterocycles. The molecular formula is C6H12NO. The van der Waals surface area contributed by atoms with Crippen molar-refractivity contribution in [1.82, 2.24) is 5.32 Å². The third-order valence-corrected chi connectivity index (χ3v) is 1.51. The highest BCUT2D eigenvalue weighted by atomic mass is 16.5. The van der Waals surface area contributed by atoms with Gasteiger partial charge in [0, 0.05) is 20.2 Å². The van der Waals surface area contributed by atoms with Gasteiger partial charge < -0.3 is 4.74 Å². The number of nitrogens with zero attached hydrogens (tertiary/aromatic N) is 1. The first-order chi connectivity index (χ1) is 3.93. The number of rotatable bonds is 1. The van der Waals surface area contributed by atoms with Crippen LogP contribution in [0.1, 0.15) is 12.8 Å². The minimum Gasteiger partial charge on any atom is -0.380 e. The first kappa shape index (κ1) is 6.05. The van der Waals surface area contributed by atoms with Crippen molar-refractivity contribution in [2.75, 3.05) is 20.2 Å². The summed E-state index contributed by atoms with van der Waals surface area (Å²) < 4.78 is 5.10. The number of hydrogen-bond acceptors (Lipinski definition) is 1. The van der Waals surface area contributed by atoms with Crippen LogP contribution in [0.15, 0.2) is 0 Å². The van der Waals surface area contributed by atoms with E-state index in [-0.39, 0.29) is 0 Å². The Hall–Kier alpha value is -0.0800. The fourth-order valence-electron chi connectivity index (χ4n) is 0.950. The maximum atomic E-state index is 5.10. The molecule has 1 rings (SSSR count). The molecule has 0 N–H and O–H groups in total. The minimum absolute atomic E-state index is 0.420. The first-order valence-electron chi connectivity index (χ1n) is 3.09. The summed E-state index contributed by atoms with van der Waals surface area (Å²) >= 11 is 0. The van der Waals surface area contributed by atoms with Crippen molar-refractivity contribution in [1.29, 1.82) is 0 Å². The molecule has 1 unspecified atom stereocenters. The third kappa shape index (κ3) is 1.46. The van der Waals surface area contributed by atoms with Gasteiger partial charge in [0.15, 0.2) is 0 Å². The Bertz CT molecular complexity index is 59.5. The predicted octanol–water partition coefficient (Wildman–Crippen LogP) is 0.400. The van der Waals surface area contributed by atoms with Gasteiger partial charge in [-0.25, -0.2) is 5.32 Å². The van der Waals surface area contributed by atoms with E-state index in [2.05, 4.69) is 5.32 Å². The molecule has 0 spiro atoms. The van der Waals surface area contributed by atoms with E-state index in [1.54, 1.807) is 7.11 Å². The predicted molar refractivity (Wildman–Crippen MR) is 31.9 cm³/mol. The zero-order valence-electron chi connectivity index (χ0n) is 5.26. The fraction of sp³-hybridized carbons (Fsp3) is 1.00. The van der Waals surface area contributed by atoms with Crippen LogP contribution in [0, 0.1) is 0 Å². The summed E-state index contributed by atoms with van der Waals surface area (Å²) in [4.78, 5) is 0. The Kier molecular flexibility index (Phi) is 2.30. The van der Waals surface area contributed by atoms with Gasteiger partial charge in [-0.3, -0.25) is 0 Å². The van der Waals surface area contributed by atoms with Crippen molar-refractivity contribution in [3.63, 3.8) is 0 Å². The molecule has 1 radical (unpaired) electrons. The minimum atomic E-state index is 0.420. The van der Waals surface area contributed by atoms with Gasteiger partial charge >= 0.3 is 0 Å². The maximum absolute atomic E-state index is 5.10. The topological polar surface area (TPSA) is 23.3 Å². The number of ether oxygens (including phenoxy) is 1. The molecule has 2 nitrogen and oxygen atoms in total. The van der Waals surface area contributed by atoms with Gasteiger partial charge in [-0.05, 0) is 12.8 Å². The molecule has 0 bridgehead atoms. The van der Waals surface area contributed by atoms with Crippen LogP contribution in [0.25, 0.3) is 0 Å². The number of methoxy groups -OCH3 is 1. The highest BCUT2D eigenvalue weighted by molar-refractivity contribution is 4.66. The van der Waals surface area contributed by atoms with Crippen LogP contribution in [0.4, 0.5) is 0 Å². The summed E-state index contributed by atoms with van der Waals surface area (Å²) in [6, 6.07) is 0. The van der Waals surface area contributed by atoms with Crippen LogP contribution in [-0.2, 0) is 4.74 Å². The first-order valence-corrected chi connectivity index (χ1v) is 3.09. The van der Waals surface area contributed by atoms with E-state index in [1.165, 1.54) is 12.8 Å². The standard InChI is InChI=1S/C6H12NO/c1-8-6-3-2-4-7-5-6/h6H,2-5H2,1H3. The van der Waals surface area contributed by atoms with Crippen LogP contribution < -0.4 is 5.32 Å². The molecule has 1 saturated heterocycles. The summed E-state index contributed by atoms with van der Waals surface area (Å²) in [5.74, 6) is 0. The summed E-state index contributed by atoms with van der Waals surface area (Å²) in [7, 11) is 1.76. The molecule has 1 fully saturated rings. The van der Waals surface area contributed by atoms with Gasteiger partial charge in [-0.2, -0.15) is 0 Å². The van der Waals surface area contributed by atoms with Crippen molar-refractivity contribution in [2.45, 2.75) is 18.9 Å². The SMILES string of the molecule is COC1CCC[N]C1. The Labute approximate surface area is 50.2 Å². The van der Waals surface area contributed by atoms with Gasteiger partial charge in [-0.1, -0.05) is 0 Å². The van der Waals surface area contributed by atoms with Crippen molar-refractivity contribution < 1.29 is 4.74 Å². The lowest BCUT2D eigenvalue weighted by Gasteiger charge is -2.19. The molecule has 0 aromatic carbocycles. The number of hydrogen-bond donors (Lipinski definition) is 0. The molecule has 0 aliphatic carbocycles. The van der Waals surface area contributed by atoms with Crippen LogP contribution in [-0.4, -0.2) is 26.3 Å². The Morgan fingerprint density at radius 3 is 2.88 bits per heavy atom. The molecule has 1 aliphatic heterocycles. The Morgan fingerprint density at radius 1 is 1.62 bits per heavy atom. The van der Waals surface area contributed by atoms with E-state index in [0.717, 1.165) is 13.1 Å². The van der Waals surface area contributed by atoms with Gasteiger partial charge in [0.1, 0.15) is 0 Å². The third-order valence-electron chi connectivity index (χ3n) is 1.51. The normalized spacial score (nSPS) is 30.4. The van der Waals surface area contributed by atoms with E-state index < -0.39 is 0 Å². The van der Waals surface area contributed by atoms with E-state index in [1.807, 2.05) is 0 Å². The molecule has 1 atom stereocenters. The lowest BCUT2D eigenvalue weighted by molar-refractivity contribution is 0.0798. The molecule has 0 aromatic heterocycles. The summed E-state index contributed by atoms with van der Waals surface area (Å²) in [5, 5.41) is 4.20. The van der Waals surface area contributed by atoms with Gasteiger partial charge in [0.05, 0.1) is 6.10 Å². The fourth-order valence-corrected chi connectivity index (χ4v) is 0.950. The monoisotopic (exact) mass is 114 g/mol. The quantitative estimate of drug-likeness (QED) is 0.484. The summed E-state index contributed by atoms with van der Waals surface area (Å²) in [6.07, 6.45) is 2.82. The lowest BCUT2D eigenvalue weighted by Crippen LogP contribution is -2.29. The molecule has 2 heteroatoms. The Morgan fingerprint density at radius 2 is 2.50 bits per heavy atom. The zero-order chi connectivity index (χ0) is 5.82. The number of piperidine rings is 1. The van der Waals surface area contributed by atoms with E-state index in [4.69, 9.17) is 4.74 Å². The van der Waals surface area contributed by atoms with Gasteiger partial charge in [0.25, 0.3) is 0 Å². The van der Waals surface area contributed by atoms with Crippen LogP contribution in [0.3, 0.4) is 0 Å². The van der Waals surface area contributed by atoms with E-state index in [9.17, 15) is 0 Å². The van der Waals surface area contributed by atoms with E-state index in [0.29, 0.717) is 6.10 Å². The molecule has 0 amide bonds. The van der Waals surface area contributed by atoms with Gasteiger partial charge in [-0.15, -0.1) is 0 Å². The maximum Gasteiger partial charge on any atom is 0.0712 e. The average Bonchev–Trinajstić information content (AvgIpc) is 1.90. The summed E-state index contributed by atoms with van der Waals surface area (Å²) in [5.41, 5.74) is 0. The second kappa shape index (κ2) is 3.05. The molecule has 1 aliphatic rings. The highest BCUT2D eigenvalue weighted by Gasteiger charge is 2.10. The highest BCUT2D eigenvalue weighted by Crippen LogP contribution is 2.04. The largest absolute Gasteiger partial charge is 0.380 e. The van der Waals surface area contributed by atoms with Crippen molar-refractivity contribution in [3.05, 3.63) is 0 Å². The second-order valence-electron chi connectivity index (χ2n) is 2.13. The van der Waals surface area contributed by atoms with Crippen LogP contribution in [0.5, 0.6) is 0 Å². The van der Waals surface area contributed by atoms with Crippen LogP contribution in [0.2, 0.25) is 0 Å². The second-order valence-corrected chi connectivity index (χ2v) is 2.13. The zero-order valence-corrected chi connectivity index (χ0v) is 5.26. The summed E-state index contributed by atoms with van der Waals surface area (Å²) in [6.45, 7) is 1.95. The average molecular weight is 114 g/mol. The van der Waals surface area contributed by atoms with Gasteiger partial charge in [0.2, 0.25) is 0 Å². The molecule has 0 aromatic rings. The van der Waals surface area contributed by atoms with Crippen molar-refractivity contribution in [3.8, 4) is 0 Å². The Balaban J connectivity index is 2.13. The molecule has 47 valence electrons. The molecule has 8 heavy (non-hydrogen) atoms. The molecule has 0 saturated carbocycles. The lowest BCUT2D eigenvalue weighted by atomic mass is 10.1. The smallest absolute Gasteiger partial charge is 0.0712 e. The molecular weight excluding hydrogens is 102 g/mol.